The van der Waals surface area contributed by atoms with E-state index in [4.69, 9.17) is 4.74 Å². The number of hydrogen-bond acceptors (Lipinski definition) is 4. The van der Waals surface area contributed by atoms with Crippen molar-refractivity contribution in [1.82, 2.24) is 4.90 Å². The molecule has 1 unspecified atom stereocenters. The molecule has 1 rings (SSSR count). The number of carbonyl (C=O) groups excluding carboxylic acids is 2. The Morgan fingerprint density at radius 2 is 2.21 bits per heavy atom. The fraction of sp³-hybridized carbons (Fsp3) is 0.571. The van der Waals surface area contributed by atoms with E-state index in [9.17, 15) is 9.59 Å². The molecule has 0 aliphatic rings. The van der Waals surface area contributed by atoms with Crippen LogP contribution in [0.5, 0.6) is 0 Å². The molecule has 0 spiro atoms. The lowest BCUT2D eigenvalue weighted by Gasteiger charge is -2.24. The molecule has 4 nitrogen and oxygen atoms in total. The SMILES string of the molecule is CCCN(CC(C)C(=O)OC)C(=O)Cc1cccs1. The van der Waals surface area contributed by atoms with E-state index in [2.05, 4.69) is 0 Å². The lowest BCUT2D eigenvalue weighted by molar-refractivity contribution is -0.146. The van der Waals surface area contributed by atoms with Crippen LogP contribution in [0.15, 0.2) is 17.5 Å². The number of ether oxygens (including phenoxy) is 1. The van der Waals surface area contributed by atoms with Crippen LogP contribution in [-0.4, -0.2) is 37.0 Å². The zero-order valence-corrected chi connectivity index (χ0v) is 12.5. The lowest BCUT2D eigenvalue weighted by Crippen LogP contribution is -2.38. The molecule has 0 saturated heterocycles. The molecule has 1 heterocycles. The molecular weight excluding hydrogens is 262 g/mol. The van der Waals surface area contributed by atoms with Gasteiger partial charge in [-0.15, -0.1) is 11.3 Å². The fourth-order valence-corrected chi connectivity index (χ4v) is 2.56. The molecule has 0 saturated carbocycles. The number of nitrogens with zero attached hydrogens (tertiary/aromatic N) is 1. The number of amides is 1. The molecule has 0 N–H and O–H groups in total. The van der Waals surface area contributed by atoms with E-state index < -0.39 is 0 Å². The van der Waals surface area contributed by atoms with E-state index in [1.54, 1.807) is 23.2 Å². The second kappa shape index (κ2) is 7.94. The Morgan fingerprint density at radius 3 is 2.74 bits per heavy atom. The highest BCUT2D eigenvalue weighted by atomic mass is 32.1. The quantitative estimate of drug-likeness (QED) is 0.722. The molecule has 0 bridgehead atoms. The molecule has 0 fully saturated rings. The summed E-state index contributed by atoms with van der Waals surface area (Å²) in [6, 6.07) is 3.89. The molecule has 0 aliphatic heterocycles. The van der Waals surface area contributed by atoms with Gasteiger partial charge < -0.3 is 9.64 Å². The van der Waals surface area contributed by atoms with Gasteiger partial charge in [0.05, 0.1) is 19.4 Å². The first-order valence-corrected chi connectivity index (χ1v) is 7.34. The number of esters is 1. The Bertz CT molecular complexity index is 403. The van der Waals surface area contributed by atoms with Gasteiger partial charge in [0.25, 0.3) is 0 Å². The number of rotatable bonds is 7. The summed E-state index contributed by atoms with van der Waals surface area (Å²) in [6.45, 7) is 4.90. The molecule has 19 heavy (non-hydrogen) atoms. The minimum absolute atomic E-state index is 0.0695. The van der Waals surface area contributed by atoms with Gasteiger partial charge in [-0.1, -0.05) is 19.9 Å². The molecule has 0 radical (unpaired) electrons. The van der Waals surface area contributed by atoms with Gasteiger partial charge in [0.1, 0.15) is 0 Å². The summed E-state index contributed by atoms with van der Waals surface area (Å²) < 4.78 is 4.70. The average molecular weight is 283 g/mol. The summed E-state index contributed by atoms with van der Waals surface area (Å²) in [4.78, 5) is 26.5. The monoisotopic (exact) mass is 283 g/mol. The number of thiophene rings is 1. The zero-order chi connectivity index (χ0) is 14.3. The fourth-order valence-electron chi connectivity index (χ4n) is 1.87. The van der Waals surface area contributed by atoms with Crippen molar-refractivity contribution in [2.75, 3.05) is 20.2 Å². The van der Waals surface area contributed by atoms with Gasteiger partial charge in [0.2, 0.25) is 5.91 Å². The number of methoxy groups -OCH3 is 1. The van der Waals surface area contributed by atoms with E-state index in [1.807, 2.05) is 24.4 Å². The first-order chi connectivity index (χ1) is 9.08. The summed E-state index contributed by atoms with van der Waals surface area (Å²) in [5.41, 5.74) is 0. The second-order valence-corrected chi connectivity index (χ2v) is 5.55. The predicted octanol–water partition coefficient (Wildman–Crippen LogP) is 2.34. The van der Waals surface area contributed by atoms with Crippen LogP contribution in [0.3, 0.4) is 0 Å². The summed E-state index contributed by atoms with van der Waals surface area (Å²) in [5, 5.41) is 1.96. The van der Waals surface area contributed by atoms with Crippen LogP contribution >= 0.6 is 11.3 Å². The molecule has 5 heteroatoms. The Labute approximate surface area is 118 Å². The van der Waals surface area contributed by atoms with Crippen molar-refractivity contribution >= 4 is 23.2 Å². The lowest BCUT2D eigenvalue weighted by atomic mass is 10.1. The zero-order valence-electron chi connectivity index (χ0n) is 11.7. The molecule has 1 aromatic heterocycles. The summed E-state index contributed by atoms with van der Waals surface area (Å²) in [6.07, 6.45) is 1.29. The van der Waals surface area contributed by atoms with Crippen molar-refractivity contribution in [1.29, 1.82) is 0 Å². The van der Waals surface area contributed by atoms with Gasteiger partial charge in [-0.3, -0.25) is 9.59 Å². The first-order valence-electron chi connectivity index (χ1n) is 6.46. The molecule has 0 aromatic carbocycles. The van der Waals surface area contributed by atoms with Gasteiger partial charge in [0.15, 0.2) is 0 Å². The van der Waals surface area contributed by atoms with Crippen LogP contribution in [0.2, 0.25) is 0 Å². The molecule has 0 aliphatic carbocycles. The van der Waals surface area contributed by atoms with Crippen molar-refractivity contribution in [3.63, 3.8) is 0 Å². The van der Waals surface area contributed by atoms with Crippen LogP contribution in [-0.2, 0) is 20.7 Å². The van der Waals surface area contributed by atoms with Crippen molar-refractivity contribution in [3.05, 3.63) is 22.4 Å². The Kier molecular flexibility index (Phi) is 6.56. The Morgan fingerprint density at radius 1 is 1.47 bits per heavy atom. The van der Waals surface area contributed by atoms with E-state index in [1.165, 1.54) is 7.11 Å². The van der Waals surface area contributed by atoms with Crippen LogP contribution in [0, 0.1) is 5.92 Å². The van der Waals surface area contributed by atoms with Crippen LogP contribution in [0.1, 0.15) is 25.1 Å². The van der Waals surface area contributed by atoms with Crippen molar-refractivity contribution in [3.8, 4) is 0 Å². The van der Waals surface area contributed by atoms with Crippen LogP contribution in [0.25, 0.3) is 0 Å². The molecule has 1 amide bonds. The molecular formula is C14H21NO3S. The third kappa shape index (κ3) is 5.03. The minimum atomic E-state index is -0.288. The largest absolute Gasteiger partial charge is 0.469 e. The standard InChI is InChI=1S/C14H21NO3S/c1-4-7-15(10-11(2)14(17)18-3)13(16)9-12-6-5-8-19-12/h5-6,8,11H,4,7,9-10H2,1-3H3. The Hall–Kier alpha value is -1.36. The smallest absolute Gasteiger partial charge is 0.310 e. The predicted molar refractivity (Wildman–Crippen MR) is 76.1 cm³/mol. The van der Waals surface area contributed by atoms with E-state index in [0.29, 0.717) is 19.5 Å². The maximum atomic E-state index is 12.2. The van der Waals surface area contributed by atoms with Gasteiger partial charge in [0, 0.05) is 18.0 Å². The van der Waals surface area contributed by atoms with Gasteiger partial charge in [-0.25, -0.2) is 0 Å². The number of carbonyl (C=O) groups is 2. The summed E-state index contributed by atoms with van der Waals surface area (Å²) in [7, 11) is 1.37. The average Bonchev–Trinajstić information content (AvgIpc) is 2.89. The van der Waals surface area contributed by atoms with Crippen LogP contribution < -0.4 is 0 Å². The molecule has 1 atom stereocenters. The maximum Gasteiger partial charge on any atom is 0.310 e. The van der Waals surface area contributed by atoms with Crippen molar-refractivity contribution < 1.29 is 14.3 Å². The van der Waals surface area contributed by atoms with E-state index >= 15 is 0 Å². The number of hydrogen-bond donors (Lipinski definition) is 0. The highest BCUT2D eigenvalue weighted by Crippen LogP contribution is 2.12. The highest BCUT2D eigenvalue weighted by molar-refractivity contribution is 7.10. The Balaban J connectivity index is 2.60. The van der Waals surface area contributed by atoms with Gasteiger partial charge in [-0.2, -0.15) is 0 Å². The van der Waals surface area contributed by atoms with E-state index in [-0.39, 0.29) is 17.8 Å². The summed E-state index contributed by atoms with van der Waals surface area (Å²) in [5.74, 6) is -0.492. The van der Waals surface area contributed by atoms with Crippen molar-refractivity contribution in [2.45, 2.75) is 26.7 Å². The molecule has 106 valence electrons. The van der Waals surface area contributed by atoms with Crippen molar-refractivity contribution in [2.24, 2.45) is 5.92 Å². The van der Waals surface area contributed by atoms with E-state index in [0.717, 1.165) is 11.3 Å². The van der Waals surface area contributed by atoms with Gasteiger partial charge >= 0.3 is 5.97 Å². The van der Waals surface area contributed by atoms with Crippen LogP contribution in [0.4, 0.5) is 0 Å². The third-order valence-electron chi connectivity index (χ3n) is 2.85. The third-order valence-corrected chi connectivity index (χ3v) is 3.73. The molecule has 1 aromatic rings. The maximum absolute atomic E-state index is 12.2. The minimum Gasteiger partial charge on any atom is -0.469 e. The summed E-state index contributed by atoms with van der Waals surface area (Å²) >= 11 is 1.58. The highest BCUT2D eigenvalue weighted by Gasteiger charge is 2.21. The topological polar surface area (TPSA) is 46.6 Å². The normalized spacial score (nSPS) is 11.9. The first kappa shape index (κ1) is 15.7. The second-order valence-electron chi connectivity index (χ2n) is 4.52. The van der Waals surface area contributed by atoms with Gasteiger partial charge in [-0.05, 0) is 17.9 Å².